The molecule has 0 aliphatic carbocycles. The molecule has 5 rings (SSSR count). The van der Waals surface area contributed by atoms with E-state index in [2.05, 4.69) is 5.32 Å². The van der Waals surface area contributed by atoms with Crippen molar-refractivity contribution in [3.05, 3.63) is 65.2 Å². The molecule has 0 bridgehead atoms. The number of likely N-dealkylation sites (tertiary alicyclic amines) is 1. The number of hydrogen-bond acceptors (Lipinski definition) is 3. The first-order valence-electron chi connectivity index (χ1n) is 12.7. The number of rotatable bonds is 5. The number of nitrogens with one attached hydrogen (secondary N) is 1. The fourth-order valence-electron chi connectivity index (χ4n) is 6.18. The zero-order valence-electron chi connectivity index (χ0n) is 20.2. The highest BCUT2D eigenvalue weighted by Crippen LogP contribution is 2.39. The van der Waals surface area contributed by atoms with Gasteiger partial charge in [0.25, 0.3) is 0 Å². The smallest absolute Gasteiger partial charge is 0.416 e. The molecule has 8 heteroatoms. The average Bonchev–Trinajstić information content (AvgIpc) is 2.88. The maximum atomic E-state index is 13.6. The standard InChI is InChI=1S/C28H30F3N3O2/c29-28(30,31)20-9-10-24-22(17-20)25(27(35)36)23(26(33-24)19-7-3-1-4-8-19)18-34(15-5-2-6-16-34)21-11-13-32-14-12-21/h1,3-4,7-10,17,21,32H,2,5-6,11-16,18H2/p+1. The number of aromatic nitrogens is 1. The summed E-state index contributed by atoms with van der Waals surface area (Å²) in [6.45, 7) is 4.19. The van der Waals surface area contributed by atoms with Crippen molar-refractivity contribution in [2.24, 2.45) is 0 Å². The lowest BCUT2D eigenvalue weighted by Gasteiger charge is -2.49. The summed E-state index contributed by atoms with van der Waals surface area (Å²) in [6, 6.07) is 13.0. The Morgan fingerprint density at radius 3 is 2.36 bits per heavy atom. The van der Waals surface area contributed by atoms with Crippen molar-refractivity contribution < 1.29 is 27.6 Å². The Hall–Kier alpha value is -2.97. The van der Waals surface area contributed by atoms with Crippen LogP contribution >= 0.6 is 0 Å². The Morgan fingerprint density at radius 2 is 1.72 bits per heavy atom. The second kappa shape index (κ2) is 9.82. The first kappa shape index (κ1) is 24.7. The molecule has 36 heavy (non-hydrogen) atoms. The second-order valence-corrected chi connectivity index (χ2v) is 10.1. The van der Waals surface area contributed by atoms with Crippen LogP contribution in [0.4, 0.5) is 13.2 Å². The van der Waals surface area contributed by atoms with Crippen LogP contribution in [0.25, 0.3) is 22.2 Å². The zero-order chi connectivity index (χ0) is 25.3. The molecule has 0 radical (unpaired) electrons. The van der Waals surface area contributed by atoms with E-state index in [4.69, 9.17) is 4.98 Å². The highest BCUT2D eigenvalue weighted by Gasteiger charge is 2.41. The third-order valence-corrected chi connectivity index (χ3v) is 7.94. The van der Waals surface area contributed by atoms with E-state index in [1.165, 1.54) is 6.07 Å². The molecule has 0 unspecified atom stereocenters. The van der Waals surface area contributed by atoms with Gasteiger partial charge in [0.1, 0.15) is 6.54 Å². The Kier molecular flexibility index (Phi) is 6.74. The number of nitrogens with zero attached hydrogens (tertiary/aromatic N) is 2. The molecular formula is C28H31F3N3O2+. The lowest BCUT2D eigenvalue weighted by atomic mass is 9.91. The number of carbonyl (C=O) groups is 1. The highest BCUT2D eigenvalue weighted by atomic mass is 19.4. The van der Waals surface area contributed by atoms with Crippen molar-refractivity contribution in [1.82, 2.24) is 10.3 Å². The van der Waals surface area contributed by atoms with Crippen LogP contribution in [-0.2, 0) is 12.7 Å². The number of fused-ring (bicyclic) bond motifs is 1. The third-order valence-electron chi connectivity index (χ3n) is 7.94. The maximum Gasteiger partial charge on any atom is 0.416 e. The van der Waals surface area contributed by atoms with Crippen LogP contribution in [0, 0.1) is 0 Å². The molecule has 2 aliphatic heterocycles. The monoisotopic (exact) mass is 498 g/mol. The minimum atomic E-state index is -4.57. The molecule has 0 spiro atoms. The van der Waals surface area contributed by atoms with E-state index < -0.39 is 17.7 Å². The van der Waals surface area contributed by atoms with Crippen molar-refractivity contribution >= 4 is 16.9 Å². The van der Waals surface area contributed by atoms with Gasteiger partial charge in [-0.25, -0.2) is 9.78 Å². The van der Waals surface area contributed by atoms with Gasteiger partial charge in [0, 0.05) is 42.4 Å². The van der Waals surface area contributed by atoms with E-state index in [9.17, 15) is 23.1 Å². The Morgan fingerprint density at radius 1 is 1.03 bits per heavy atom. The van der Waals surface area contributed by atoms with Crippen molar-refractivity contribution in [3.63, 3.8) is 0 Å². The second-order valence-electron chi connectivity index (χ2n) is 10.1. The molecule has 2 saturated heterocycles. The van der Waals surface area contributed by atoms with Crippen LogP contribution in [-0.4, -0.2) is 52.8 Å². The molecule has 0 atom stereocenters. The number of carboxylic acid groups (broad SMARTS) is 1. The summed E-state index contributed by atoms with van der Waals surface area (Å²) < 4.78 is 41.6. The Bertz CT molecular complexity index is 1250. The summed E-state index contributed by atoms with van der Waals surface area (Å²) in [7, 11) is 0. The lowest BCUT2D eigenvalue weighted by Crippen LogP contribution is -2.60. The third kappa shape index (κ3) is 4.72. The molecule has 2 fully saturated rings. The largest absolute Gasteiger partial charge is 0.478 e. The van der Waals surface area contributed by atoms with Crippen molar-refractivity contribution in [1.29, 1.82) is 0 Å². The fraction of sp³-hybridized carbons (Fsp3) is 0.429. The number of piperidine rings is 2. The van der Waals surface area contributed by atoms with E-state index >= 15 is 0 Å². The minimum Gasteiger partial charge on any atom is -0.478 e. The predicted molar refractivity (Wildman–Crippen MR) is 133 cm³/mol. The molecule has 3 heterocycles. The van der Waals surface area contributed by atoms with Crippen LogP contribution in [0.1, 0.15) is 53.6 Å². The minimum absolute atomic E-state index is 0.0486. The fourth-order valence-corrected chi connectivity index (χ4v) is 6.18. The lowest BCUT2D eigenvalue weighted by molar-refractivity contribution is -0.968. The SMILES string of the molecule is O=C(O)c1c(C[N+]2(C3CCNCC3)CCCCC2)c(-c2ccccc2)nc2ccc(C(F)(F)F)cc12. The zero-order valence-corrected chi connectivity index (χ0v) is 20.2. The van der Waals surface area contributed by atoms with E-state index in [1.54, 1.807) is 0 Å². The topological polar surface area (TPSA) is 62.2 Å². The van der Waals surface area contributed by atoms with Crippen LogP contribution in [0.2, 0.25) is 0 Å². The molecule has 1 aromatic heterocycles. The Labute approximate surface area is 208 Å². The molecule has 2 N–H and O–H groups in total. The molecule has 3 aromatic rings. The summed E-state index contributed by atoms with van der Waals surface area (Å²) >= 11 is 0. The van der Waals surface area contributed by atoms with Gasteiger partial charge in [-0.3, -0.25) is 0 Å². The first-order chi connectivity index (χ1) is 17.3. The summed E-state index contributed by atoms with van der Waals surface area (Å²) in [4.78, 5) is 17.6. The van der Waals surface area contributed by atoms with Crippen molar-refractivity contribution in [3.8, 4) is 11.3 Å². The Balaban J connectivity index is 1.76. The molecule has 5 nitrogen and oxygen atoms in total. The molecular weight excluding hydrogens is 467 g/mol. The van der Waals surface area contributed by atoms with Gasteiger partial charge in [-0.15, -0.1) is 0 Å². The van der Waals surface area contributed by atoms with Gasteiger partial charge in [-0.2, -0.15) is 13.2 Å². The summed E-state index contributed by atoms with van der Waals surface area (Å²) in [5.41, 5.74) is 1.21. The quantitative estimate of drug-likeness (QED) is 0.432. The van der Waals surface area contributed by atoms with E-state index in [0.717, 1.165) is 80.5 Å². The van der Waals surface area contributed by atoms with Crippen LogP contribution in [0.15, 0.2) is 48.5 Å². The van der Waals surface area contributed by atoms with Crippen molar-refractivity contribution in [2.45, 2.75) is 50.9 Å². The molecule has 2 aromatic carbocycles. The summed E-state index contributed by atoms with van der Waals surface area (Å²) in [5.74, 6) is -1.21. The van der Waals surface area contributed by atoms with Gasteiger partial charge in [-0.1, -0.05) is 30.3 Å². The van der Waals surface area contributed by atoms with Gasteiger partial charge in [-0.05, 0) is 37.5 Å². The number of alkyl halides is 3. The normalized spacial score (nSPS) is 18.9. The number of quaternary nitrogens is 1. The highest BCUT2D eigenvalue weighted by molar-refractivity contribution is 6.06. The van der Waals surface area contributed by atoms with Gasteiger partial charge >= 0.3 is 12.1 Å². The molecule has 2 aliphatic rings. The summed E-state index contributed by atoms with van der Waals surface area (Å²) in [6.07, 6.45) is 0.703. The van der Waals surface area contributed by atoms with Crippen LogP contribution < -0.4 is 5.32 Å². The average molecular weight is 499 g/mol. The molecule has 0 saturated carbocycles. The summed E-state index contributed by atoms with van der Waals surface area (Å²) in [5, 5.41) is 13.9. The van der Waals surface area contributed by atoms with Gasteiger partial charge in [0.15, 0.2) is 0 Å². The van der Waals surface area contributed by atoms with Crippen LogP contribution in [0.5, 0.6) is 0 Å². The van der Waals surface area contributed by atoms with Gasteiger partial charge in [0.2, 0.25) is 0 Å². The number of pyridine rings is 1. The van der Waals surface area contributed by atoms with Gasteiger partial charge in [0.05, 0.1) is 41.5 Å². The number of aromatic carboxylic acids is 1. The number of halogens is 3. The predicted octanol–water partition coefficient (Wildman–Crippen LogP) is 5.87. The molecule has 0 amide bonds. The number of benzene rings is 2. The number of carboxylic acids is 1. The van der Waals surface area contributed by atoms with Crippen LogP contribution in [0.3, 0.4) is 0 Å². The first-order valence-corrected chi connectivity index (χ1v) is 12.7. The number of hydrogen-bond donors (Lipinski definition) is 2. The molecule has 190 valence electrons. The van der Waals surface area contributed by atoms with E-state index in [0.29, 0.717) is 23.8 Å². The van der Waals surface area contributed by atoms with E-state index in [-0.39, 0.29) is 16.5 Å². The van der Waals surface area contributed by atoms with Crippen molar-refractivity contribution in [2.75, 3.05) is 26.2 Å². The maximum absolute atomic E-state index is 13.6. The van der Waals surface area contributed by atoms with E-state index in [1.807, 2.05) is 30.3 Å². The van der Waals surface area contributed by atoms with Gasteiger partial charge < -0.3 is 14.9 Å².